The molecule has 0 radical (unpaired) electrons. The van der Waals surface area contributed by atoms with E-state index in [1.807, 2.05) is 20.8 Å². The normalized spacial score (nSPS) is 11.3. The van der Waals surface area contributed by atoms with Crippen molar-refractivity contribution in [2.24, 2.45) is 0 Å². The monoisotopic (exact) mass is 535 g/mol. The van der Waals surface area contributed by atoms with E-state index in [1.54, 1.807) is 48.5 Å². The Balaban J connectivity index is 1.97. The molecule has 0 saturated carbocycles. The first-order valence-electron chi connectivity index (χ1n) is 9.97. The van der Waals surface area contributed by atoms with Gasteiger partial charge >= 0.3 is 0 Å². The molecule has 0 unspecified atom stereocenters. The van der Waals surface area contributed by atoms with Crippen molar-refractivity contribution in [2.75, 3.05) is 10.9 Å². The van der Waals surface area contributed by atoms with E-state index in [0.717, 1.165) is 27.4 Å². The van der Waals surface area contributed by atoms with Gasteiger partial charge in [-0.1, -0.05) is 48.9 Å². The number of anilines is 1. The van der Waals surface area contributed by atoms with Crippen LogP contribution < -0.4 is 9.04 Å². The van der Waals surface area contributed by atoms with Crippen LogP contribution in [0.3, 0.4) is 0 Å². The molecule has 168 valence electrons. The zero-order chi connectivity index (χ0) is 23.5. The summed E-state index contributed by atoms with van der Waals surface area (Å²) in [6.07, 6.45) is 0.798. The van der Waals surface area contributed by atoms with E-state index in [1.165, 1.54) is 12.1 Å². The minimum atomic E-state index is -4.14. The Labute approximate surface area is 202 Å². The lowest BCUT2D eigenvalue weighted by atomic mass is 10.1. The number of hydrogen-bond donors (Lipinski definition) is 0. The van der Waals surface area contributed by atoms with Crippen LogP contribution >= 0.6 is 27.5 Å². The van der Waals surface area contributed by atoms with Crippen LogP contribution in [0.15, 0.2) is 70.0 Å². The topological polar surface area (TPSA) is 63.7 Å². The fraction of sp³-hybridized carbons (Fsp3) is 0.208. The number of ether oxygens (including phenoxy) is 1. The van der Waals surface area contributed by atoms with Crippen LogP contribution in [0, 0.1) is 13.8 Å². The zero-order valence-electron chi connectivity index (χ0n) is 17.9. The first-order chi connectivity index (χ1) is 15.2. The maximum absolute atomic E-state index is 13.4. The maximum Gasteiger partial charge on any atom is 0.278 e. The second-order valence-electron chi connectivity index (χ2n) is 7.23. The molecule has 3 aromatic rings. The first-order valence-corrected chi connectivity index (χ1v) is 12.6. The molecule has 0 fully saturated rings. The van der Waals surface area contributed by atoms with Gasteiger partial charge in [0.05, 0.1) is 15.1 Å². The number of rotatable bonds is 7. The Morgan fingerprint density at radius 1 is 1.06 bits per heavy atom. The lowest BCUT2D eigenvalue weighted by Crippen LogP contribution is -2.40. The van der Waals surface area contributed by atoms with Gasteiger partial charge in [-0.15, -0.1) is 0 Å². The van der Waals surface area contributed by atoms with E-state index in [2.05, 4.69) is 15.9 Å². The van der Waals surface area contributed by atoms with Crippen molar-refractivity contribution in [3.8, 4) is 5.75 Å². The van der Waals surface area contributed by atoms with Crippen molar-refractivity contribution in [2.45, 2.75) is 32.1 Å². The van der Waals surface area contributed by atoms with Crippen molar-refractivity contribution >= 4 is 49.1 Å². The Morgan fingerprint density at radius 3 is 2.28 bits per heavy atom. The highest BCUT2D eigenvalue weighted by Crippen LogP contribution is 2.36. The van der Waals surface area contributed by atoms with E-state index in [9.17, 15) is 13.2 Å². The van der Waals surface area contributed by atoms with Crippen molar-refractivity contribution in [3.05, 3.63) is 86.8 Å². The summed E-state index contributed by atoms with van der Waals surface area (Å²) in [5, 5.41) is 0.597. The third kappa shape index (κ3) is 5.00. The van der Waals surface area contributed by atoms with Crippen LogP contribution in [0.25, 0.3) is 0 Å². The molecule has 0 saturated heterocycles. The van der Waals surface area contributed by atoms with Gasteiger partial charge in [-0.25, -0.2) is 8.42 Å². The van der Waals surface area contributed by atoms with Gasteiger partial charge in [0.1, 0.15) is 5.75 Å². The third-order valence-electron chi connectivity index (χ3n) is 5.01. The number of hydrogen-bond acceptors (Lipinski definition) is 4. The second-order valence-corrected chi connectivity index (χ2v) is 10.2. The molecule has 0 N–H and O–H groups in total. The van der Waals surface area contributed by atoms with E-state index < -0.39 is 22.5 Å². The van der Waals surface area contributed by atoms with Crippen LogP contribution in [0.4, 0.5) is 5.69 Å². The number of aryl methyl sites for hydroxylation is 2. The quantitative estimate of drug-likeness (QED) is 0.367. The Bertz CT molecular complexity index is 1230. The smallest absolute Gasteiger partial charge is 0.278 e. The van der Waals surface area contributed by atoms with E-state index in [0.29, 0.717) is 15.2 Å². The summed E-state index contributed by atoms with van der Waals surface area (Å²) in [6, 6.07) is 16.4. The average molecular weight is 537 g/mol. The van der Waals surface area contributed by atoms with Gasteiger partial charge in [0.2, 0.25) is 0 Å². The number of carbonyl (C=O) groups is 1. The highest BCUT2D eigenvalue weighted by Gasteiger charge is 2.31. The highest BCUT2D eigenvalue weighted by atomic mass is 79.9. The molecule has 0 spiro atoms. The summed E-state index contributed by atoms with van der Waals surface area (Å²) in [4.78, 5) is 13.2. The summed E-state index contributed by atoms with van der Waals surface area (Å²) in [7, 11) is -4.14. The molecule has 1 amide bonds. The van der Waals surface area contributed by atoms with Crippen molar-refractivity contribution < 1.29 is 17.9 Å². The molecule has 0 aromatic heterocycles. The summed E-state index contributed by atoms with van der Waals surface area (Å²) < 4.78 is 33.9. The van der Waals surface area contributed by atoms with Crippen LogP contribution in [0.2, 0.25) is 5.02 Å². The molecular weight excluding hydrogens is 514 g/mol. The lowest BCUT2D eigenvalue weighted by Gasteiger charge is -2.23. The van der Waals surface area contributed by atoms with Crippen LogP contribution in [-0.2, 0) is 21.2 Å². The Kier molecular flexibility index (Phi) is 7.64. The van der Waals surface area contributed by atoms with Gasteiger partial charge in [0.25, 0.3) is 15.9 Å². The molecule has 0 aliphatic rings. The van der Waals surface area contributed by atoms with Gasteiger partial charge in [0, 0.05) is 5.02 Å². The van der Waals surface area contributed by atoms with Gasteiger partial charge in [0.15, 0.2) is 6.61 Å². The minimum Gasteiger partial charge on any atom is -0.483 e. The summed E-state index contributed by atoms with van der Waals surface area (Å²) in [5.41, 5.74) is 2.85. The number of benzene rings is 3. The lowest BCUT2D eigenvalue weighted by molar-refractivity contribution is -0.119. The molecule has 5 nitrogen and oxygen atoms in total. The molecule has 32 heavy (non-hydrogen) atoms. The number of sulfonamides is 1. The van der Waals surface area contributed by atoms with E-state index >= 15 is 0 Å². The SMILES string of the molecule is CCc1ccc(N(C(=O)COc2cc(C)c(Cl)c(C)c2Br)S(=O)(=O)c2ccccc2)cc1. The zero-order valence-corrected chi connectivity index (χ0v) is 21.1. The van der Waals surface area contributed by atoms with Gasteiger partial charge < -0.3 is 4.74 Å². The second kappa shape index (κ2) is 10.1. The van der Waals surface area contributed by atoms with Crippen LogP contribution in [-0.4, -0.2) is 20.9 Å². The summed E-state index contributed by atoms with van der Waals surface area (Å²) in [5.74, 6) is -0.300. The van der Waals surface area contributed by atoms with E-state index in [4.69, 9.17) is 16.3 Å². The summed E-state index contributed by atoms with van der Waals surface area (Å²) >= 11 is 9.70. The first kappa shape index (κ1) is 24.3. The van der Waals surface area contributed by atoms with E-state index in [-0.39, 0.29) is 10.6 Å². The van der Waals surface area contributed by atoms with Gasteiger partial charge in [-0.05, 0) is 83.2 Å². The van der Waals surface area contributed by atoms with Gasteiger partial charge in [-0.3, -0.25) is 4.79 Å². The fourth-order valence-electron chi connectivity index (χ4n) is 3.19. The number of nitrogens with zero attached hydrogens (tertiary/aromatic N) is 1. The molecular formula is C24H23BrClNO4S. The number of carbonyl (C=O) groups excluding carboxylic acids is 1. The predicted molar refractivity (Wildman–Crippen MR) is 131 cm³/mol. The maximum atomic E-state index is 13.4. The van der Waals surface area contributed by atoms with Crippen molar-refractivity contribution in [1.29, 1.82) is 0 Å². The average Bonchev–Trinajstić information content (AvgIpc) is 2.80. The molecule has 0 aliphatic carbocycles. The Hall–Kier alpha value is -2.35. The van der Waals surface area contributed by atoms with Crippen LogP contribution in [0.5, 0.6) is 5.75 Å². The predicted octanol–water partition coefficient (Wildman–Crippen LogP) is 6.08. The summed E-state index contributed by atoms with van der Waals surface area (Å²) in [6.45, 7) is 5.19. The van der Waals surface area contributed by atoms with Gasteiger partial charge in [-0.2, -0.15) is 4.31 Å². The molecule has 8 heteroatoms. The molecule has 3 rings (SSSR count). The Morgan fingerprint density at radius 2 is 1.69 bits per heavy atom. The van der Waals surface area contributed by atoms with Crippen LogP contribution in [0.1, 0.15) is 23.6 Å². The fourth-order valence-corrected chi connectivity index (χ4v) is 5.31. The molecule has 0 bridgehead atoms. The molecule has 0 atom stereocenters. The number of halogens is 2. The third-order valence-corrected chi connectivity index (χ3v) is 8.34. The molecule has 0 aliphatic heterocycles. The van der Waals surface area contributed by atoms with Crippen molar-refractivity contribution in [1.82, 2.24) is 0 Å². The largest absolute Gasteiger partial charge is 0.483 e. The van der Waals surface area contributed by atoms with Crippen molar-refractivity contribution in [3.63, 3.8) is 0 Å². The minimum absolute atomic E-state index is 0.0206. The molecule has 3 aromatic carbocycles. The number of amides is 1. The standard InChI is InChI=1S/C24H23BrClNO4S/c1-4-18-10-12-19(13-11-18)27(32(29,30)20-8-6-5-7-9-20)22(28)15-31-21-14-16(2)24(26)17(3)23(21)25/h5-14H,4,15H2,1-3H3. The highest BCUT2D eigenvalue weighted by molar-refractivity contribution is 9.10. The molecule has 0 heterocycles.